The molecule has 1 aromatic heterocycles. The van der Waals surface area contributed by atoms with Crippen LogP contribution in [0.3, 0.4) is 0 Å². The molecule has 0 bridgehead atoms. The average molecular weight is 409 g/mol. The molecule has 146 valence electrons. The lowest BCUT2D eigenvalue weighted by molar-refractivity contribution is 0.616. The lowest BCUT2D eigenvalue weighted by Crippen LogP contribution is -2.30. The first kappa shape index (κ1) is 23.0. The van der Waals surface area contributed by atoms with Crippen molar-refractivity contribution in [3.8, 4) is 6.07 Å². The van der Waals surface area contributed by atoms with Crippen molar-refractivity contribution >= 4 is 42.3 Å². The van der Waals surface area contributed by atoms with E-state index < -0.39 is 0 Å². The Labute approximate surface area is 173 Å². The topological polar surface area (TPSA) is 76.9 Å². The van der Waals surface area contributed by atoms with E-state index in [4.69, 9.17) is 10.2 Å². The Morgan fingerprint density at radius 2 is 2.07 bits per heavy atom. The highest BCUT2D eigenvalue weighted by atomic mass is 35.5. The second kappa shape index (κ2) is 10.9. The van der Waals surface area contributed by atoms with Gasteiger partial charge in [-0.05, 0) is 38.1 Å². The summed E-state index contributed by atoms with van der Waals surface area (Å²) in [5, 5.41) is 15.6. The highest BCUT2D eigenvalue weighted by Gasteiger charge is 2.23. The number of nitrogens with zero attached hydrogens (tertiary/aromatic N) is 4. The predicted octanol–water partition coefficient (Wildman–Crippen LogP) is 3.69. The molecular weight excluding hydrogens is 383 g/mol. The number of rotatable bonds is 6. The lowest BCUT2D eigenvalue weighted by atomic mass is 10.2. The number of aromatic nitrogens is 2. The summed E-state index contributed by atoms with van der Waals surface area (Å²) in [5.41, 5.74) is 2.49. The third-order valence-corrected chi connectivity index (χ3v) is 4.44. The molecule has 27 heavy (non-hydrogen) atoms. The first-order valence-corrected chi connectivity index (χ1v) is 8.79. The standard InChI is InChI=1S/C19H24N6.2ClH/c1-3-5-15-11-18(25-9-8-17(13-25)21-2)24-19(22-15)23-16-7-4-6-14(10-16)12-20;;/h4,6-7,10-11,17,21H,3,5,8-9,13H2,1-2H3,(H,22,23,24);2*1H. The maximum Gasteiger partial charge on any atom is 0.229 e. The molecule has 6 nitrogen and oxygen atoms in total. The largest absolute Gasteiger partial charge is 0.355 e. The van der Waals surface area contributed by atoms with E-state index in [0.29, 0.717) is 17.6 Å². The second-order valence-corrected chi connectivity index (χ2v) is 6.33. The van der Waals surface area contributed by atoms with E-state index in [-0.39, 0.29) is 24.8 Å². The quantitative estimate of drug-likeness (QED) is 0.758. The van der Waals surface area contributed by atoms with Crippen molar-refractivity contribution in [2.24, 2.45) is 0 Å². The molecule has 0 aliphatic carbocycles. The molecule has 1 fully saturated rings. The smallest absolute Gasteiger partial charge is 0.229 e. The number of aryl methyl sites for hydroxylation is 1. The normalized spacial score (nSPS) is 15.4. The SMILES string of the molecule is CCCc1cc(N2CCC(NC)C2)nc(Nc2cccc(C#N)c2)n1.Cl.Cl. The van der Waals surface area contributed by atoms with Crippen molar-refractivity contribution in [1.82, 2.24) is 15.3 Å². The summed E-state index contributed by atoms with van der Waals surface area (Å²) < 4.78 is 0. The molecule has 1 aliphatic rings. The van der Waals surface area contributed by atoms with Crippen LogP contribution in [0.25, 0.3) is 0 Å². The second-order valence-electron chi connectivity index (χ2n) is 6.33. The molecular formula is C19H26Cl2N6. The number of halogens is 2. The van der Waals surface area contributed by atoms with Gasteiger partial charge in [0, 0.05) is 36.6 Å². The fraction of sp³-hybridized carbons (Fsp3) is 0.421. The van der Waals surface area contributed by atoms with Crippen molar-refractivity contribution in [3.05, 3.63) is 41.6 Å². The van der Waals surface area contributed by atoms with Crippen LogP contribution in [-0.4, -0.2) is 36.1 Å². The van der Waals surface area contributed by atoms with Crippen LogP contribution in [0.1, 0.15) is 31.0 Å². The minimum Gasteiger partial charge on any atom is -0.355 e. The summed E-state index contributed by atoms with van der Waals surface area (Å²) in [6, 6.07) is 12.1. The molecule has 1 aromatic carbocycles. The molecule has 2 aromatic rings. The van der Waals surface area contributed by atoms with Crippen LogP contribution in [0.15, 0.2) is 30.3 Å². The van der Waals surface area contributed by atoms with Gasteiger partial charge in [-0.3, -0.25) is 0 Å². The summed E-state index contributed by atoms with van der Waals surface area (Å²) in [6.45, 7) is 4.11. The molecule has 0 amide bonds. The van der Waals surface area contributed by atoms with E-state index in [1.165, 1.54) is 0 Å². The number of nitriles is 1. The van der Waals surface area contributed by atoms with E-state index in [1.54, 1.807) is 6.07 Å². The van der Waals surface area contributed by atoms with Gasteiger partial charge in [0.15, 0.2) is 0 Å². The van der Waals surface area contributed by atoms with Gasteiger partial charge in [-0.15, -0.1) is 24.8 Å². The summed E-state index contributed by atoms with van der Waals surface area (Å²) >= 11 is 0. The summed E-state index contributed by atoms with van der Waals surface area (Å²) in [5.74, 6) is 1.55. The van der Waals surface area contributed by atoms with Gasteiger partial charge in [0.05, 0.1) is 11.6 Å². The van der Waals surface area contributed by atoms with E-state index in [0.717, 1.165) is 49.6 Å². The molecule has 8 heteroatoms. The monoisotopic (exact) mass is 408 g/mol. The fourth-order valence-electron chi connectivity index (χ4n) is 3.08. The van der Waals surface area contributed by atoms with Crippen molar-refractivity contribution in [3.63, 3.8) is 0 Å². The van der Waals surface area contributed by atoms with Gasteiger partial charge >= 0.3 is 0 Å². The summed E-state index contributed by atoms with van der Waals surface area (Å²) in [4.78, 5) is 11.7. The van der Waals surface area contributed by atoms with Crippen LogP contribution < -0.4 is 15.5 Å². The maximum absolute atomic E-state index is 9.06. The van der Waals surface area contributed by atoms with Crippen LogP contribution >= 0.6 is 24.8 Å². The van der Waals surface area contributed by atoms with Gasteiger partial charge in [-0.2, -0.15) is 10.2 Å². The van der Waals surface area contributed by atoms with Crippen LogP contribution in [0.5, 0.6) is 0 Å². The maximum atomic E-state index is 9.06. The van der Waals surface area contributed by atoms with Crippen molar-refractivity contribution in [2.45, 2.75) is 32.2 Å². The molecule has 3 rings (SSSR count). The third kappa shape index (κ3) is 5.96. The molecule has 0 spiro atoms. The Bertz CT molecular complexity index is 777. The Morgan fingerprint density at radius 3 is 2.74 bits per heavy atom. The van der Waals surface area contributed by atoms with Crippen LogP contribution in [0.4, 0.5) is 17.5 Å². The number of benzene rings is 1. The zero-order valence-corrected chi connectivity index (χ0v) is 17.2. The fourth-order valence-corrected chi connectivity index (χ4v) is 3.08. The Hall–Kier alpha value is -2.07. The van der Waals surface area contributed by atoms with Crippen LogP contribution in [-0.2, 0) is 6.42 Å². The Morgan fingerprint density at radius 1 is 1.26 bits per heavy atom. The van der Waals surface area contributed by atoms with E-state index >= 15 is 0 Å². The number of nitrogens with one attached hydrogen (secondary N) is 2. The van der Waals surface area contributed by atoms with Crippen molar-refractivity contribution in [1.29, 1.82) is 5.26 Å². The van der Waals surface area contributed by atoms with Gasteiger partial charge in [-0.25, -0.2) is 4.98 Å². The highest BCUT2D eigenvalue weighted by Crippen LogP contribution is 2.23. The number of hydrogen-bond donors (Lipinski definition) is 2. The van der Waals surface area contributed by atoms with E-state index in [2.05, 4.69) is 39.6 Å². The average Bonchev–Trinajstić information content (AvgIpc) is 3.11. The minimum absolute atomic E-state index is 0. The first-order chi connectivity index (χ1) is 12.2. The van der Waals surface area contributed by atoms with Gasteiger partial charge in [-0.1, -0.05) is 19.4 Å². The zero-order valence-electron chi connectivity index (χ0n) is 15.6. The third-order valence-electron chi connectivity index (χ3n) is 4.44. The van der Waals surface area contributed by atoms with Crippen LogP contribution in [0, 0.1) is 11.3 Å². The number of hydrogen-bond acceptors (Lipinski definition) is 6. The molecule has 0 saturated carbocycles. The number of anilines is 3. The molecule has 1 unspecified atom stereocenters. The first-order valence-electron chi connectivity index (χ1n) is 8.79. The van der Waals surface area contributed by atoms with Gasteiger partial charge in [0.1, 0.15) is 5.82 Å². The Kier molecular flexibility index (Phi) is 9.30. The summed E-state index contributed by atoms with van der Waals surface area (Å²) in [7, 11) is 2.01. The van der Waals surface area contributed by atoms with E-state index in [1.807, 2.05) is 25.2 Å². The van der Waals surface area contributed by atoms with Gasteiger partial charge < -0.3 is 15.5 Å². The van der Waals surface area contributed by atoms with E-state index in [9.17, 15) is 0 Å². The zero-order chi connectivity index (χ0) is 17.6. The van der Waals surface area contributed by atoms with Crippen molar-refractivity contribution < 1.29 is 0 Å². The Balaban J connectivity index is 0.00000182. The van der Waals surface area contributed by atoms with Gasteiger partial charge in [0.25, 0.3) is 0 Å². The minimum atomic E-state index is 0. The molecule has 0 radical (unpaired) electrons. The van der Waals surface area contributed by atoms with Crippen LogP contribution in [0.2, 0.25) is 0 Å². The molecule has 1 saturated heterocycles. The number of likely N-dealkylation sites (N-methyl/N-ethyl adjacent to an activating group) is 1. The summed E-state index contributed by atoms with van der Waals surface area (Å²) in [6.07, 6.45) is 3.08. The highest BCUT2D eigenvalue weighted by molar-refractivity contribution is 5.85. The molecule has 1 aliphatic heterocycles. The molecule has 2 N–H and O–H groups in total. The molecule has 2 heterocycles. The lowest BCUT2D eigenvalue weighted by Gasteiger charge is -2.19. The van der Waals surface area contributed by atoms with Crippen molar-refractivity contribution in [2.75, 3.05) is 30.4 Å². The molecule has 1 atom stereocenters. The predicted molar refractivity (Wildman–Crippen MR) is 115 cm³/mol. The van der Waals surface area contributed by atoms with Gasteiger partial charge in [0.2, 0.25) is 5.95 Å².